The maximum Gasteiger partial charge on any atom is 0.266 e. The van der Waals surface area contributed by atoms with Crippen molar-refractivity contribution >= 4 is 29.3 Å². The van der Waals surface area contributed by atoms with Gasteiger partial charge in [0.25, 0.3) is 11.5 Å². The van der Waals surface area contributed by atoms with Gasteiger partial charge in [-0.3, -0.25) is 19.0 Å². The van der Waals surface area contributed by atoms with Gasteiger partial charge in [-0.05, 0) is 42.7 Å². The average molecular weight is 437 g/mol. The van der Waals surface area contributed by atoms with Crippen molar-refractivity contribution in [3.63, 3.8) is 0 Å². The number of nitrogens with zero attached hydrogens (tertiary/aromatic N) is 2. The summed E-state index contributed by atoms with van der Waals surface area (Å²) in [7, 11) is 1.53. The zero-order valence-corrected chi connectivity index (χ0v) is 18.5. The van der Waals surface area contributed by atoms with Crippen LogP contribution in [0.3, 0.4) is 0 Å². The first kappa shape index (κ1) is 22.3. The highest BCUT2D eigenvalue weighted by Crippen LogP contribution is 2.16. The molecule has 0 aliphatic heterocycles. The molecule has 1 aromatic heterocycles. The lowest BCUT2D eigenvalue weighted by molar-refractivity contribution is -0.118. The van der Waals surface area contributed by atoms with E-state index in [0.29, 0.717) is 17.4 Å². The predicted molar refractivity (Wildman–Crippen MR) is 122 cm³/mol. The van der Waals surface area contributed by atoms with Crippen molar-refractivity contribution in [3.05, 3.63) is 87.3 Å². The molecular weight excluding hydrogens is 412 g/mol. The zero-order chi connectivity index (χ0) is 22.4. The van der Waals surface area contributed by atoms with Gasteiger partial charge < -0.3 is 10.6 Å². The number of rotatable bonds is 7. The smallest absolute Gasteiger partial charge is 0.266 e. The second kappa shape index (κ2) is 10.1. The van der Waals surface area contributed by atoms with Crippen molar-refractivity contribution in [3.8, 4) is 0 Å². The highest BCUT2D eigenvalue weighted by molar-refractivity contribution is 7.99. The average Bonchev–Trinajstić information content (AvgIpc) is 2.76. The Kier molecular flexibility index (Phi) is 7.25. The first-order valence-corrected chi connectivity index (χ1v) is 10.7. The lowest BCUT2D eigenvalue weighted by atomic mass is 10.1. The summed E-state index contributed by atoms with van der Waals surface area (Å²) in [4.78, 5) is 41.5. The Morgan fingerprint density at radius 3 is 2.52 bits per heavy atom. The second-order valence-electron chi connectivity index (χ2n) is 7.12. The van der Waals surface area contributed by atoms with Crippen molar-refractivity contribution in [1.29, 1.82) is 0 Å². The Morgan fingerprint density at radius 1 is 1.06 bits per heavy atom. The Morgan fingerprint density at radius 2 is 1.81 bits per heavy atom. The topological polar surface area (TPSA) is 93.1 Å². The molecule has 0 saturated carbocycles. The van der Waals surface area contributed by atoms with E-state index in [0.717, 1.165) is 28.5 Å². The SMILES string of the molecule is Cc1ccc(NC(=O)c2cnc(SCC(=O)NCc3ccccc3)n(C)c2=O)cc1C. The number of benzene rings is 2. The number of carbonyl (C=O) groups is 2. The van der Waals surface area contributed by atoms with Gasteiger partial charge in [0.2, 0.25) is 5.91 Å². The van der Waals surface area contributed by atoms with Crippen LogP contribution in [0.5, 0.6) is 0 Å². The lowest BCUT2D eigenvalue weighted by Crippen LogP contribution is -2.30. The van der Waals surface area contributed by atoms with E-state index in [2.05, 4.69) is 15.6 Å². The van der Waals surface area contributed by atoms with E-state index in [4.69, 9.17) is 0 Å². The number of hydrogen-bond donors (Lipinski definition) is 2. The minimum atomic E-state index is -0.520. The Balaban J connectivity index is 1.61. The minimum absolute atomic E-state index is 0.0568. The number of carbonyl (C=O) groups excluding carboxylic acids is 2. The number of nitrogens with one attached hydrogen (secondary N) is 2. The molecule has 0 atom stereocenters. The maximum absolute atomic E-state index is 12.6. The molecule has 1 heterocycles. The van der Waals surface area contributed by atoms with Crippen LogP contribution in [-0.4, -0.2) is 27.1 Å². The highest BCUT2D eigenvalue weighted by Gasteiger charge is 2.16. The molecule has 3 aromatic rings. The Bertz CT molecular complexity index is 1160. The quantitative estimate of drug-likeness (QED) is 0.439. The van der Waals surface area contributed by atoms with Crippen LogP contribution in [0.4, 0.5) is 5.69 Å². The third-order valence-electron chi connectivity index (χ3n) is 4.80. The summed E-state index contributed by atoms with van der Waals surface area (Å²) in [6, 6.07) is 15.1. The van der Waals surface area contributed by atoms with Crippen LogP contribution in [0.1, 0.15) is 27.0 Å². The fourth-order valence-electron chi connectivity index (χ4n) is 2.81. The molecule has 2 amide bonds. The third kappa shape index (κ3) is 5.82. The van der Waals surface area contributed by atoms with Crippen molar-refractivity contribution in [1.82, 2.24) is 14.9 Å². The summed E-state index contributed by atoms with van der Waals surface area (Å²) < 4.78 is 1.28. The molecule has 31 heavy (non-hydrogen) atoms. The number of anilines is 1. The van der Waals surface area contributed by atoms with Crippen molar-refractivity contribution in [2.24, 2.45) is 7.05 Å². The molecule has 0 unspecified atom stereocenters. The third-order valence-corrected chi connectivity index (χ3v) is 5.84. The molecule has 2 aromatic carbocycles. The lowest BCUT2D eigenvalue weighted by Gasteiger charge is -2.10. The summed E-state index contributed by atoms with van der Waals surface area (Å²) in [5.74, 6) is -0.574. The van der Waals surface area contributed by atoms with Crippen LogP contribution >= 0.6 is 11.8 Å². The fraction of sp³-hybridized carbons (Fsp3) is 0.217. The first-order valence-electron chi connectivity index (χ1n) is 9.73. The molecule has 7 nitrogen and oxygen atoms in total. The molecule has 160 valence electrons. The van der Waals surface area contributed by atoms with Crippen LogP contribution in [0.15, 0.2) is 64.7 Å². The molecular formula is C23H24N4O3S. The highest BCUT2D eigenvalue weighted by atomic mass is 32.2. The summed E-state index contributed by atoms with van der Waals surface area (Å²) in [5, 5.41) is 5.93. The summed E-state index contributed by atoms with van der Waals surface area (Å²) in [6.07, 6.45) is 1.25. The molecule has 0 bridgehead atoms. The molecule has 0 radical (unpaired) electrons. The Labute approximate surface area is 184 Å². The van der Waals surface area contributed by atoms with E-state index in [9.17, 15) is 14.4 Å². The zero-order valence-electron chi connectivity index (χ0n) is 17.6. The van der Waals surface area contributed by atoms with Crippen molar-refractivity contribution in [2.45, 2.75) is 25.5 Å². The Hall–Kier alpha value is -3.39. The van der Waals surface area contributed by atoms with Crippen LogP contribution in [-0.2, 0) is 18.4 Å². The molecule has 0 spiro atoms. The maximum atomic E-state index is 12.6. The molecule has 0 aliphatic rings. The second-order valence-corrected chi connectivity index (χ2v) is 8.07. The van der Waals surface area contributed by atoms with Gasteiger partial charge in [0.05, 0.1) is 5.75 Å². The normalized spacial score (nSPS) is 10.5. The van der Waals surface area contributed by atoms with E-state index in [1.165, 1.54) is 17.8 Å². The van der Waals surface area contributed by atoms with Gasteiger partial charge in [-0.1, -0.05) is 48.2 Å². The van der Waals surface area contributed by atoms with Gasteiger partial charge in [-0.15, -0.1) is 0 Å². The molecule has 2 N–H and O–H groups in total. The summed E-state index contributed by atoms with van der Waals surface area (Å²) in [6.45, 7) is 4.37. The number of aromatic nitrogens is 2. The van der Waals surface area contributed by atoms with Crippen LogP contribution < -0.4 is 16.2 Å². The predicted octanol–water partition coefficient (Wildman–Crippen LogP) is 3.06. The standard InChI is InChI=1S/C23H24N4O3S/c1-15-9-10-18(11-16(15)2)26-21(29)19-13-25-23(27(3)22(19)30)31-14-20(28)24-12-17-7-5-4-6-8-17/h4-11,13H,12,14H2,1-3H3,(H,24,28)(H,26,29). The van der Waals surface area contributed by atoms with Gasteiger partial charge in [0.15, 0.2) is 5.16 Å². The van der Waals surface area contributed by atoms with E-state index >= 15 is 0 Å². The molecule has 0 aliphatic carbocycles. The van der Waals surface area contributed by atoms with Crippen LogP contribution in [0, 0.1) is 13.8 Å². The van der Waals surface area contributed by atoms with E-state index < -0.39 is 11.5 Å². The minimum Gasteiger partial charge on any atom is -0.351 e. The molecule has 0 saturated heterocycles. The monoisotopic (exact) mass is 436 g/mol. The van der Waals surface area contributed by atoms with Crippen molar-refractivity contribution < 1.29 is 9.59 Å². The largest absolute Gasteiger partial charge is 0.351 e. The number of aryl methyl sites for hydroxylation is 2. The number of amides is 2. The summed E-state index contributed by atoms with van der Waals surface area (Å²) >= 11 is 1.14. The van der Waals surface area contributed by atoms with Crippen LogP contribution in [0.2, 0.25) is 0 Å². The summed E-state index contributed by atoms with van der Waals surface area (Å²) in [5.41, 5.74) is 3.25. The molecule has 0 fully saturated rings. The molecule has 3 rings (SSSR count). The van der Waals surface area contributed by atoms with Gasteiger partial charge in [-0.2, -0.15) is 0 Å². The first-order chi connectivity index (χ1) is 14.8. The number of thioether (sulfide) groups is 1. The number of hydrogen-bond acceptors (Lipinski definition) is 5. The van der Waals surface area contributed by atoms with Gasteiger partial charge in [0, 0.05) is 25.5 Å². The molecule has 8 heteroatoms. The van der Waals surface area contributed by atoms with Gasteiger partial charge >= 0.3 is 0 Å². The van der Waals surface area contributed by atoms with Gasteiger partial charge in [-0.25, -0.2) is 4.98 Å². The van der Waals surface area contributed by atoms with Crippen molar-refractivity contribution in [2.75, 3.05) is 11.1 Å². The van der Waals surface area contributed by atoms with Gasteiger partial charge in [0.1, 0.15) is 5.56 Å². The van der Waals surface area contributed by atoms with Crippen LogP contribution in [0.25, 0.3) is 0 Å². The fourth-order valence-corrected chi connectivity index (χ4v) is 3.58. The van der Waals surface area contributed by atoms with E-state index in [1.807, 2.05) is 56.3 Å². The van der Waals surface area contributed by atoms with E-state index in [1.54, 1.807) is 6.07 Å². The van der Waals surface area contributed by atoms with E-state index in [-0.39, 0.29) is 17.2 Å².